The van der Waals surface area contributed by atoms with Crippen molar-refractivity contribution in [2.75, 3.05) is 0 Å². The molecule has 0 bridgehead atoms. The lowest BCUT2D eigenvalue weighted by Gasteiger charge is -2.15. The van der Waals surface area contributed by atoms with Gasteiger partial charge in [-0.25, -0.2) is 4.98 Å². The van der Waals surface area contributed by atoms with Crippen LogP contribution in [0.15, 0.2) is 48.7 Å². The normalized spacial score (nSPS) is 14.5. The fraction of sp³-hybridized carbons (Fsp3) is 0.235. The first-order valence-electron chi connectivity index (χ1n) is 6.98. The summed E-state index contributed by atoms with van der Waals surface area (Å²) in [6.45, 7) is 0. The molecule has 0 fully saturated rings. The van der Waals surface area contributed by atoms with Crippen LogP contribution in [0.1, 0.15) is 24.1 Å². The van der Waals surface area contributed by atoms with E-state index in [1.165, 1.54) is 48.0 Å². The van der Waals surface area contributed by atoms with E-state index in [-0.39, 0.29) is 0 Å². The van der Waals surface area contributed by atoms with Gasteiger partial charge in [0, 0.05) is 23.0 Å². The molecular weight excluding hydrogens is 232 g/mol. The molecule has 2 heterocycles. The summed E-state index contributed by atoms with van der Waals surface area (Å²) in [7, 11) is 0. The second-order valence-corrected chi connectivity index (χ2v) is 5.18. The lowest BCUT2D eigenvalue weighted by atomic mass is 9.96. The van der Waals surface area contributed by atoms with E-state index in [1.807, 2.05) is 12.3 Å². The summed E-state index contributed by atoms with van der Waals surface area (Å²) in [6, 6.07) is 14.9. The van der Waals surface area contributed by atoms with Crippen molar-refractivity contribution in [3.63, 3.8) is 0 Å². The Morgan fingerprint density at radius 1 is 0.895 bits per heavy atom. The van der Waals surface area contributed by atoms with Crippen molar-refractivity contribution < 1.29 is 0 Å². The average Bonchev–Trinajstić information content (AvgIpc) is 2.83. The van der Waals surface area contributed by atoms with Gasteiger partial charge in [-0.05, 0) is 55.5 Å². The van der Waals surface area contributed by atoms with E-state index in [2.05, 4.69) is 45.9 Å². The molecular formula is C17H16N2. The predicted molar refractivity (Wildman–Crippen MR) is 77.7 cm³/mol. The summed E-state index contributed by atoms with van der Waals surface area (Å²) in [5.41, 5.74) is 5.32. The van der Waals surface area contributed by atoms with Crippen LogP contribution in [0.3, 0.4) is 0 Å². The van der Waals surface area contributed by atoms with Crippen molar-refractivity contribution in [1.29, 1.82) is 0 Å². The van der Waals surface area contributed by atoms with Gasteiger partial charge in [0.1, 0.15) is 5.65 Å². The number of para-hydroxylation sites is 1. The number of hydrogen-bond donors (Lipinski definition) is 0. The topological polar surface area (TPSA) is 17.8 Å². The van der Waals surface area contributed by atoms with Crippen molar-refractivity contribution in [2.24, 2.45) is 0 Å². The summed E-state index contributed by atoms with van der Waals surface area (Å²) >= 11 is 0. The first-order valence-corrected chi connectivity index (χ1v) is 6.98. The number of aromatic nitrogens is 2. The molecule has 0 aliphatic heterocycles. The van der Waals surface area contributed by atoms with Crippen LogP contribution >= 0.6 is 0 Å². The first kappa shape index (κ1) is 10.8. The van der Waals surface area contributed by atoms with Gasteiger partial charge in [0.15, 0.2) is 0 Å². The molecule has 0 amide bonds. The van der Waals surface area contributed by atoms with Crippen molar-refractivity contribution in [3.8, 4) is 5.69 Å². The van der Waals surface area contributed by atoms with Gasteiger partial charge in [0.25, 0.3) is 0 Å². The predicted octanol–water partition coefficient (Wildman–Crippen LogP) is 3.90. The molecule has 1 aromatic carbocycles. The molecule has 2 heteroatoms. The second kappa shape index (κ2) is 4.23. The number of fused-ring (bicyclic) bond motifs is 3. The van der Waals surface area contributed by atoms with Gasteiger partial charge in [-0.1, -0.05) is 18.2 Å². The fourth-order valence-corrected chi connectivity index (χ4v) is 3.22. The maximum absolute atomic E-state index is 4.63. The number of rotatable bonds is 1. The largest absolute Gasteiger partial charge is 0.298 e. The average molecular weight is 248 g/mol. The van der Waals surface area contributed by atoms with Crippen LogP contribution in [0.5, 0.6) is 0 Å². The molecule has 0 N–H and O–H groups in total. The van der Waals surface area contributed by atoms with Crippen LogP contribution in [0, 0.1) is 0 Å². The molecule has 1 aliphatic carbocycles. The molecule has 0 saturated carbocycles. The van der Waals surface area contributed by atoms with Gasteiger partial charge < -0.3 is 0 Å². The number of pyridine rings is 1. The maximum Gasteiger partial charge on any atom is 0.144 e. The Bertz CT molecular complexity index is 726. The van der Waals surface area contributed by atoms with Gasteiger partial charge in [-0.15, -0.1) is 0 Å². The minimum Gasteiger partial charge on any atom is -0.298 e. The smallest absolute Gasteiger partial charge is 0.144 e. The SMILES string of the molecule is c1ccc(-n2c3c(c4cccnc42)CCCC3)cc1. The Balaban J connectivity index is 2.09. The minimum absolute atomic E-state index is 1.11. The third-order valence-corrected chi connectivity index (χ3v) is 4.05. The van der Waals surface area contributed by atoms with E-state index < -0.39 is 0 Å². The quantitative estimate of drug-likeness (QED) is 0.638. The highest BCUT2D eigenvalue weighted by atomic mass is 15.1. The molecule has 0 atom stereocenters. The van der Waals surface area contributed by atoms with Crippen molar-refractivity contribution in [2.45, 2.75) is 25.7 Å². The van der Waals surface area contributed by atoms with Crippen LogP contribution in [0.25, 0.3) is 16.7 Å². The lowest BCUT2D eigenvalue weighted by Crippen LogP contribution is -2.06. The van der Waals surface area contributed by atoms with Crippen molar-refractivity contribution >= 4 is 11.0 Å². The van der Waals surface area contributed by atoms with Gasteiger partial charge in [-0.2, -0.15) is 0 Å². The molecule has 4 rings (SSSR count). The Labute approximate surface area is 112 Å². The van der Waals surface area contributed by atoms with E-state index in [9.17, 15) is 0 Å². The molecule has 94 valence electrons. The number of aryl methyl sites for hydroxylation is 1. The van der Waals surface area contributed by atoms with Gasteiger partial charge in [0.05, 0.1) is 0 Å². The third kappa shape index (κ3) is 1.60. The van der Waals surface area contributed by atoms with Crippen LogP contribution in [0.4, 0.5) is 0 Å². The highest BCUT2D eigenvalue weighted by Crippen LogP contribution is 2.33. The molecule has 0 radical (unpaired) electrons. The van der Waals surface area contributed by atoms with Crippen LogP contribution in [-0.4, -0.2) is 9.55 Å². The molecule has 0 spiro atoms. The summed E-state index contributed by atoms with van der Waals surface area (Å²) in [6.07, 6.45) is 6.84. The molecule has 3 aromatic rings. The Morgan fingerprint density at radius 2 is 1.74 bits per heavy atom. The monoisotopic (exact) mass is 248 g/mol. The molecule has 0 saturated heterocycles. The third-order valence-electron chi connectivity index (χ3n) is 4.05. The Morgan fingerprint density at radius 3 is 2.63 bits per heavy atom. The second-order valence-electron chi connectivity index (χ2n) is 5.18. The van der Waals surface area contributed by atoms with Crippen LogP contribution in [-0.2, 0) is 12.8 Å². The molecule has 2 nitrogen and oxygen atoms in total. The zero-order valence-corrected chi connectivity index (χ0v) is 10.8. The van der Waals surface area contributed by atoms with E-state index >= 15 is 0 Å². The molecule has 1 aliphatic rings. The molecule has 0 unspecified atom stereocenters. The summed E-state index contributed by atoms with van der Waals surface area (Å²) in [4.78, 5) is 4.63. The van der Waals surface area contributed by atoms with E-state index in [1.54, 1.807) is 0 Å². The summed E-state index contributed by atoms with van der Waals surface area (Å²) in [5, 5.41) is 1.33. The van der Waals surface area contributed by atoms with Gasteiger partial charge in [-0.3, -0.25) is 4.57 Å². The minimum atomic E-state index is 1.11. The van der Waals surface area contributed by atoms with E-state index in [0.717, 1.165) is 5.65 Å². The fourth-order valence-electron chi connectivity index (χ4n) is 3.22. The number of benzene rings is 1. The molecule has 2 aromatic heterocycles. The standard InChI is InChI=1S/C17H16N2/c1-2-7-13(8-3-1)19-16-11-5-4-9-14(16)15-10-6-12-18-17(15)19/h1-3,6-8,10,12H,4-5,9,11H2. The first-order chi connectivity index (χ1) is 9.45. The van der Waals surface area contributed by atoms with Gasteiger partial charge >= 0.3 is 0 Å². The maximum atomic E-state index is 4.63. The van der Waals surface area contributed by atoms with Crippen molar-refractivity contribution in [1.82, 2.24) is 9.55 Å². The Hall–Kier alpha value is -2.09. The van der Waals surface area contributed by atoms with Gasteiger partial charge in [0.2, 0.25) is 0 Å². The van der Waals surface area contributed by atoms with E-state index in [4.69, 9.17) is 0 Å². The number of nitrogens with zero attached hydrogens (tertiary/aromatic N) is 2. The number of hydrogen-bond acceptors (Lipinski definition) is 1. The highest BCUT2D eigenvalue weighted by Gasteiger charge is 2.20. The lowest BCUT2D eigenvalue weighted by molar-refractivity contribution is 0.666. The van der Waals surface area contributed by atoms with E-state index in [0.29, 0.717) is 0 Å². The Kier molecular flexibility index (Phi) is 2.41. The van der Waals surface area contributed by atoms with Crippen LogP contribution < -0.4 is 0 Å². The summed E-state index contributed by atoms with van der Waals surface area (Å²) in [5.74, 6) is 0. The zero-order chi connectivity index (χ0) is 12.7. The zero-order valence-electron chi connectivity index (χ0n) is 10.8. The van der Waals surface area contributed by atoms with Crippen LogP contribution in [0.2, 0.25) is 0 Å². The molecule has 19 heavy (non-hydrogen) atoms. The van der Waals surface area contributed by atoms with Crippen molar-refractivity contribution in [3.05, 3.63) is 59.9 Å². The summed E-state index contributed by atoms with van der Waals surface area (Å²) < 4.78 is 2.35. The highest BCUT2D eigenvalue weighted by molar-refractivity contribution is 5.84.